The van der Waals surface area contributed by atoms with E-state index in [1.165, 1.54) is 22.4 Å². The van der Waals surface area contributed by atoms with Crippen LogP contribution in [0.15, 0.2) is 60.8 Å². The van der Waals surface area contributed by atoms with Crippen LogP contribution in [0.2, 0.25) is 0 Å². The Morgan fingerprint density at radius 1 is 0.971 bits per heavy atom. The third-order valence-electron chi connectivity index (χ3n) is 7.12. The maximum Gasteiger partial charge on any atom is 0.275 e. The van der Waals surface area contributed by atoms with Gasteiger partial charge in [-0.25, -0.2) is 0 Å². The number of amides is 1. The van der Waals surface area contributed by atoms with Crippen LogP contribution in [0.1, 0.15) is 38.4 Å². The van der Waals surface area contributed by atoms with Crippen LogP contribution in [0.5, 0.6) is 0 Å². The van der Waals surface area contributed by atoms with Gasteiger partial charge in [-0.2, -0.15) is 10.2 Å². The lowest BCUT2D eigenvalue weighted by molar-refractivity contribution is 0.0725. The first-order valence-corrected chi connectivity index (χ1v) is 11.9. The van der Waals surface area contributed by atoms with Crippen LogP contribution in [0.4, 0.5) is 0 Å². The molecule has 7 nitrogen and oxygen atoms in total. The molecule has 0 unspecified atom stereocenters. The third-order valence-corrected chi connectivity index (χ3v) is 7.12. The van der Waals surface area contributed by atoms with Crippen molar-refractivity contribution >= 4 is 5.91 Å². The molecule has 0 aliphatic carbocycles. The molecule has 34 heavy (non-hydrogen) atoms. The number of nitrogens with zero attached hydrogens (tertiary/aromatic N) is 5. The van der Waals surface area contributed by atoms with Gasteiger partial charge in [-0.1, -0.05) is 54.6 Å². The Balaban J connectivity index is 1.23. The number of carbonyl (C=O) groups is 1. The molecule has 0 radical (unpaired) electrons. The number of benzene rings is 2. The molecule has 2 aromatic heterocycles. The Morgan fingerprint density at radius 3 is 2.62 bits per heavy atom. The zero-order chi connectivity index (χ0) is 23.1. The van der Waals surface area contributed by atoms with Crippen LogP contribution < -0.4 is 0 Å². The molecule has 2 aliphatic rings. The van der Waals surface area contributed by atoms with E-state index >= 15 is 0 Å². The van der Waals surface area contributed by atoms with E-state index in [-0.39, 0.29) is 5.91 Å². The number of nitrogens with one attached hydrogen (secondary N) is 1. The van der Waals surface area contributed by atoms with Crippen molar-refractivity contribution in [2.45, 2.75) is 32.5 Å². The number of carbonyl (C=O) groups excluding carboxylic acids is 1. The van der Waals surface area contributed by atoms with Crippen LogP contribution in [0.25, 0.3) is 11.3 Å². The minimum atomic E-state index is 0.0430. The fraction of sp³-hybridized carbons (Fsp3) is 0.296. The molecule has 0 atom stereocenters. The number of fused-ring (bicyclic) bond motifs is 2. The standard InChI is InChI=1S/C27H28N6O/c1-31-24-12-13-32(16-22-15-28-29-25(22)20-8-3-2-4-9-20)18-23(24)26(30-31)27(34)33-14-11-19-7-5-6-10-21(19)17-33/h2-10,15H,11-14,16-18H2,1H3,(H,28,29). The van der Waals surface area contributed by atoms with E-state index in [1.807, 2.05) is 47.1 Å². The quantitative estimate of drug-likeness (QED) is 0.514. The Hall–Kier alpha value is -3.71. The summed E-state index contributed by atoms with van der Waals surface area (Å²) in [4.78, 5) is 17.9. The molecule has 1 N–H and O–H groups in total. The van der Waals surface area contributed by atoms with Gasteiger partial charge < -0.3 is 4.90 Å². The monoisotopic (exact) mass is 452 g/mol. The predicted octanol–water partition coefficient (Wildman–Crippen LogP) is 3.57. The smallest absolute Gasteiger partial charge is 0.275 e. The molecule has 2 aromatic carbocycles. The van der Waals surface area contributed by atoms with Crippen molar-refractivity contribution in [1.29, 1.82) is 0 Å². The summed E-state index contributed by atoms with van der Waals surface area (Å²) in [6, 6.07) is 18.7. The molecule has 0 saturated carbocycles. The van der Waals surface area contributed by atoms with Crippen molar-refractivity contribution in [2.75, 3.05) is 13.1 Å². The molecule has 0 fully saturated rings. The lowest BCUT2D eigenvalue weighted by Crippen LogP contribution is -2.37. The molecule has 7 heteroatoms. The van der Waals surface area contributed by atoms with E-state index in [1.54, 1.807) is 0 Å². The normalized spacial score (nSPS) is 15.7. The number of rotatable bonds is 4. The molecule has 4 aromatic rings. The van der Waals surface area contributed by atoms with Gasteiger partial charge in [0.15, 0.2) is 5.69 Å². The highest BCUT2D eigenvalue weighted by Crippen LogP contribution is 2.28. The third kappa shape index (κ3) is 3.72. The second-order valence-corrected chi connectivity index (χ2v) is 9.24. The number of hydrogen-bond donors (Lipinski definition) is 1. The van der Waals surface area contributed by atoms with Crippen LogP contribution in [-0.4, -0.2) is 48.8 Å². The minimum absolute atomic E-state index is 0.0430. The summed E-state index contributed by atoms with van der Waals surface area (Å²) in [5, 5.41) is 12.2. The van der Waals surface area contributed by atoms with E-state index in [2.05, 4.69) is 45.4 Å². The largest absolute Gasteiger partial charge is 0.333 e. The number of H-pyrrole nitrogens is 1. The average molecular weight is 453 g/mol. The maximum atomic E-state index is 13.6. The molecule has 0 spiro atoms. The topological polar surface area (TPSA) is 70.1 Å². The summed E-state index contributed by atoms with van der Waals surface area (Å²) in [5.74, 6) is 0.0430. The zero-order valence-electron chi connectivity index (χ0n) is 19.4. The van der Waals surface area contributed by atoms with E-state index in [9.17, 15) is 4.79 Å². The molecule has 1 amide bonds. The number of aromatic amines is 1. The highest BCUT2D eigenvalue weighted by atomic mass is 16.2. The van der Waals surface area contributed by atoms with Gasteiger partial charge in [-0.05, 0) is 23.1 Å². The van der Waals surface area contributed by atoms with E-state index in [0.717, 1.165) is 49.3 Å². The fourth-order valence-corrected chi connectivity index (χ4v) is 5.30. The van der Waals surface area contributed by atoms with Crippen LogP contribution in [0, 0.1) is 0 Å². The van der Waals surface area contributed by atoms with Gasteiger partial charge >= 0.3 is 0 Å². The Labute approximate surface area is 199 Å². The van der Waals surface area contributed by atoms with Gasteiger partial charge in [0.2, 0.25) is 0 Å². The molecule has 6 rings (SSSR count). The van der Waals surface area contributed by atoms with E-state index in [0.29, 0.717) is 18.8 Å². The van der Waals surface area contributed by atoms with Gasteiger partial charge in [-0.15, -0.1) is 0 Å². The van der Waals surface area contributed by atoms with Crippen molar-refractivity contribution in [3.8, 4) is 11.3 Å². The number of aryl methyl sites for hydroxylation is 1. The summed E-state index contributed by atoms with van der Waals surface area (Å²) in [7, 11) is 1.96. The van der Waals surface area contributed by atoms with Crippen molar-refractivity contribution in [1.82, 2.24) is 29.8 Å². The lowest BCUT2D eigenvalue weighted by atomic mass is 9.98. The summed E-state index contributed by atoms with van der Waals surface area (Å²) < 4.78 is 1.91. The second-order valence-electron chi connectivity index (χ2n) is 9.24. The van der Waals surface area contributed by atoms with Crippen molar-refractivity contribution in [3.05, 3.63) is 94.4 Å². The molecule has 0 bridgehead atoms. The molecule has 0 saturated heterocycles. The number of aromatic nitrogens is 4. The Bertz CT molecular complexity index is 1340. The van der Waals surface area contributed by atoms with E-state index in [4.69, 9.17) is 5.10 Å². The fourth-order valence-electron chi connectivity index (χ4n) is 5.30. The van der Waals surface area contributed by atoms with Crippen LogP contribution >= 0.6 is 0 Å². The summed E-state index contributed by atoms with van der Waals surface area (Å²) >= 11 is 0. The van der Waals surface area contributed by atoms with Gasteiger partial charge in [-0.3, -0.25) is 19.5 Å². The van der Waals surface area contributed by atoms with Crippen molar-refractivity contribution in [2.24, 2.45) is 7.05 Å². The highest BCUT2D eigenvalue weighted by molar-refractivity contribution is 5.94. The summed E-state index contributed by atoms with van der Waals surface area (Å²) in [6.07, 6.45) is 3.69. The van der Waals surface area contributed by atoms with Gasteiger partial charge in [0.05, 0.1) is 11.9 Å². The van der Waals surface area contributed by atoms with Crippen molar-refractivity contribution in [3.63, 3.8) is 0 Å². The highest BCUT2D eigenvalue weighted by Gasteiger charge is 2.31. The van der Waals surface area contributed by atoms with Gasteiger partial charge in [0.25, 0.3) is 5.91 Å². The molecule has 4 heterocycles. The number of hydrogen-bond acceptors (Lipinski definition) is 4. The van der Waals surface area contributed by atoms with Crippen molar-refractivity contribution < 1.29 is 4.79 Å². The van der Waals surface area contributed by atoms with Gasteiger partial charge in [0.1, 0.15) is 0 Å². The maximum absolute atomic E-state index is 13.6. The van der Waals surface area contributed by atoms with Crippen LogP contribution in [0.3, 0.4) is 0 Å². The van der Waals surface area contributed by atoms with Gasteiger partial charge in [0, 0.05) is 63.0 Å². The average Bonchev–Trinajstić information content (AvgIpc) is 3.48. The molecular weight excluding hydrogens is 424 g/mol. The molecular formula is C27H28N6O. The van der Waals surface area contributed by atoms with Crippen LogP contribution in [-0.2, 0) is 39.5 Å². The Kier molecular flexibility index (Phi) is 5.26. The first-order valence-electron chi connectivity index (χ1n) is 11.9. The minimum Gasteiger partial charge on any atom is -0.333 e. The first kappa shape index (κ1) is 20.9. The predicted molar refractivity (Wildman–Crippen MR) is 130 cm³/mol. The summed E-state index contributed by atoms with van der Waals surface area (Å²) in [6.45, 7) is 3.81. The second kappa shape index (κ2) is 8.57. The molecule has 2 aliphatic heterocycles. The molecule has 172 valence electrons. The SMILES string of the molecule is Cn1nc(C(=O)N2CCc3ccccc3C2)c2c1CCN(Cc1cn[nH]c1-c1ccccc1)C2. The summed E-state index contributed by atoms with van der Waals surface area (Å²) in [5.41, 5.74) is 8.79. The van der Waals surface area contributed by atoms with E-state index < -0.39 is 0 Å². The first-order chi connectivity index (χ1) is 16.7. The zero-order valence-corrected chi connectivity index (χ0v) is 19.4. The lowest BCUT2D eigenvalue weighted by Gasteiger charge is -2.30. The Morgan fingerprint density at radius 2 is 1.76 bits per heavy atom.